The number of hydrogen-bond acceptors (Lipinski definition) is 4. The number of benzene rings is 1. The third kappa shape index (κ3) is 6.76. The molecule has 0 aliphatic heterocycles. The van der Waals surface area contributed by atoms with Crippen molar-refractivity contribution in [2.45, 2.75) is 17.9 Å². The van der Waals surface area contributed by atoms with Gasteiger partial charge >= 0.3 is 6.18 Å². The summed E-state index contributed by atoms with van der Waals surface area (Å²) in [5.41, 5.74) is 0.547. The van der Waals surface area contributed by atoms with E-state index in [9.17, 15) is 23.3 Å². The molecule has 5 nitrogen and oxygen atoms in total. The van der Waals surface area contributed by atoms with E-state index in [1.807, 2.05) is 0 Å². The highest BCUT2D eigenvalue weighted by Gasteiger charge is 2.27. The number of hydrogen-bond donors (Lipinski definition) is 0. The zero-order valence-corrected chi connectivity index (χ0v) is 12.4. The second kappa shape index (κ2) is 8.18. The molecule has 0 fully saturated rings. The van der Waals surface area contributed by atoms with Crippen molar-refractivity contribution in [2.75, 3.05) is 19.8 Å². The summed E-state index contributed by atoms with van der Waals surface area (Å²) in [5, 5.41) is 11.0. The third-order valence-corrected chi connectivity index (χ3v) is 2.96. The van der Waals surface area contributed by atoms with Crippen molar-refractivity contribution in [1.82, 2.24) is 0 Å². The molecule has 1 aromatic carbocycles. The Morgan fingerprint density at radius 2 is 2.00 bits per heavy atom. The van der Waals surface area contributed by atoms with E-state index in [2.05, 4.69) is 20.7 Å². The van der Waals surface area contributed by atoms with E-state index in [1.165, 1.54) is 18.2 Å². The molecule has 1 rings (SSSR count). The topological polar surface area (TPSA) is 61.6 Å². The van der Waals surface area contributed by atoms with E-state index >= 15 is 0 Å². The Balaban J connectivity index is 2.40. The number of nitro groups is 1. The van der Waals surface area contributed by atoms with Gasteiger partial charge in [0, 0.05) is 29.4 Å². The number of alkyl halides is 4. The van der Waals surface area contributed by atoms with Gasteiger partial charge in [0.25, 0.3) is 5.69 Å². The zero-order valence-electron chi connectivity index (χ0n) is 10.9. The van der Waals surface area contributed by atoms with Crippen LogP contribution < -0.4 is 4.74 Å². The van der Waals surface area contributed by atoms with E-state index in [1.54, 1.807) is 0 Å². The van der Waals surface area contributed by atoms with Crippen LogP contribution in [0.5, 0.6) is 5.75 Å². The SMILES string of the molecule is O=[N+]([O-])c1ccc(OCCCOCC(F)(F)F)c(CBr)c1. The zero-order chi connectivity index (χ0) is 15.9. The average molecular weight is 372 g/mol. The average Bonchev–Trinajstić information content (AvgIpc) is 2.41. The van der Waals surface area contributed by atoms with Gasteiger partial charge < -0.3 is 9.47 Å². The molecule has 0 bridgehead atoms. The smallest absolute Gasteiger partial charge is 0.411 e. The summed E-state index contributed by atoms with van der Waals surface area (Å²) in [5.74, 6) is 0.452. The van der Waals surface area contributed by atoms with E-state index in [0.717, 1.165) is 0 Å². The molecular formula is C12H13BrF3NO4. The molecule has 1 aromatic rings. The van der Waals surface area contributed by atoms with Crippen molar-refractivity contribution in [3.05, 3.63) is 33.9 Å². The number of nitrogens with zero attached hydrogens (tertiary/aromatic N) is 1. The second-order valence-corrected chi connectivity index (χ2v) is 4.61. The number of ether oxygens (including phenoxy) is 2. The van der Waals surface area contributed by atoms with Gasteiger partial charge in [-0.2, -0.15) is 13.2 Å². The maximum absolute atomic E-state index is 11.8. The summed E-state index contributed by atoms with van der Waals surface area (Å²) < 4.78 is 45.3. The van der Waals surface area contributed by atoms with Crippen LogP contribution in [-0.2, 0) is 10.1 Å². The largest absolute Gasteiger partial charge is 0.493 e. The molecule has 0 atom stereocenters. The molecule has 0 aliphatic rings. The van der Waals surface area contributed by atoms with E-state index in [-0.39, 0.29) is 25.3 Å². The quantitative estimate of drug-likeness (QED) is 0.301. The monoisotopic (exact) mass is 371 g/mol. The second-order valence-electron chi connectivity index (χ2n) is 4.05. The van der Waals surface area contributed by atoms with Gasteiger partial charge in [-0.1, -0.05) is 15.9 Å². The lowest BCUT2D eigenvalue weighted by atomic mass is 10.2. The minimum Gasteiger partial charge on any atom is -0.493 e. The highest BCUT2D eigenvalue weighted by Crippen LogP contribution is 2.26. The highest BCUT2D eigenvalue weighted by molar-refractivity contribution is 9.08. The number of nitro benzene ring substituents is 1. The van der Waals surface area contributed by atoms with Crippen LogP contribution in [0.2, 0.25) is 0 Å². The standard InChI is InChI=1S/C12H13BrF3NO4/c13-7-9-6-10(17(18)19)2-3-11(9)21-5-1-4-20-8-12(14,15)16/h2-3,6H,1,4-5,7-8H2. The van der Waals surface area contributed by atoms with Gasteiger partial charge in [-0.25, -0.2) is 0 Å². The van der Waals surface area contributed by atoms with Crippen LogP contribution in [0.15, 0.2) is 18.2 Å². The van der Waals surface area contributed by atoms with Gasteiger partial charge in [-0.15, -0.1) is 0 Å². The lowest BCUT2D eigenvalue weighted by Gasteiger charge is -2.11. The first-order chi connectivity index (χ1) is 9.83. The van der Waals surface area contributed by atoms with E-state index in [4.69, 9.17) is 4.74 Å². The summed E-state index contributed by atoms with van der Waals surface area (Å²) in [7, 11) is 0. The maximum Gasteiger partial charge on any atom is 0.411 e. The Hall–Kier alpha value is -1.35. The van der Waals surface area contributed by atoms with Gasteiger partial charge in [-0.3, -0.25) is 10.1 Å². The minimum absolute atomic E-state index is 0.0506. The molecule has 0 unspecified atom stereocenters. The first-order valence-corrected chi connectivity index (χ1v) is 7.06. The fourth-order valence-corrected chi connectivity index (χ4v) is 1.89. The summed E-state index contributed by atoms with van der Waals surface area (Å²) in [6.07, 6.45) is -4.04. The molecule has 0 radical (unpaired) electrons. The predicted octanol–water partition coefficient (Wildman–Crippen LogP) is 3.84. The molecule has 0 amide bonds. The minimum atomic E-state index is -4.33. The lowest BCUT2D eigenvalue weighted by Crippen LogP contribution is -2.18. The molecule has 0 spiro atoms. The molecule has 0 saturated heterocycles. The van der Waals surface area contributed by atoms with Crippen LogP contribution in [0, 0.1) is 10.1 Å². The molecule has 9 heteroatoms. The van der Waals surface area contributed by atoms with Crippen molar-refractivity contribution < 1.29 is 27.6 Å². The van der Waals surface area contributed by atoms with Crippen molar-refractivity contribution in [2.24, 2.45) is 0 Å². The molecule has 0 N–H and O–H groups in total. The Morgan fingerprint density at radius 3 is 2.57 bits per heavy atom. The summed E-state index contributed by atoms with van der Waals surface area (Å²) in [6.45, 7) is -1.19. The van der Waals surface area contributed by atoms with Crippen molar-refractivity contribution in [1.29, 1.82) is 0 Å². The maximum atomic E-state index is 11.8. The lowest BCUT2D eigenvalue weighted by molar-refractivity contribution is -0.384. The number of non-ortho nitro benzene ring substituents is 1. The van der Waals surface area contributed by atoms with E-state index in [0.29, 0.717) is 16.6 Å². The van der Waals surface area contributed by atoms with E-state index < -0.39 is 17.7 Å². The summed E-state index contributed by atoms with van der Waals surface area (Å²) >= 11 is 3.20. The van der Waals surface area contributed by atoms with Gasteiger partial charge in [0.2, 0.25) is 0 Å². The Morgan fingerprint density at radius 1 is 1.29 bits per heavy atom. The third-order valence-electron chi connectivity index (χ3n) is 2.36. The van der Waals surface area contributed by atoms with Gasteiger partial charge in [0.1, 0.15) is 12.4 Å². The molecule has 21 heavy (non-hydrogen) atoms. The fourth-order valence-electron chi connectivity index (χ4n) is 1.46. The Labute approximate surface area is 127 Å². The van der Waals surface area contributed by atoms with Crippen molar-refractivity contribution in [3.8, 4) is 5.75 Å². The van der Waals surface area contributed by atoms with Gasteiger partial charge in [0.15, 0.2) is 0 Å². The summed E-state index contributed by atoms with van der Waals surface area (Å²) in [6, 6.07) is 4.15. The van der Waals surface area contributed by atoms with Crippen LogP contribution in [0.1, 0.15) is 12.0 Å². The predicted molar refractivity (Wildman–Crippen MR) is 72.7 cm³/mol. The van der Waals surface area contributed by atoms with Crippen molar-refractivity contribution >= 4 is 21.6 Å². The number of halogens is 4. The Kier molecular flexibility index (Phi) is 6.90. The molecule has 0 aromatic heterocycles. The molecule has 0 saturated carbocycles. The molecule has 118 valence electrons. The fraction of sp³-hybridized carbons (Fsp3) is 0.500. The van der Waals surface area contributed by atoms with Gasteiger partial charge in [-0.05, 0) is 6.07 Å². The molecular weight excluding hydrogens is 359 g/mol. The molecule has 0 heterocycles. The first-order valence-electron chi connectivity index (χ1n) is 5.94. The van der Waals surface area contributed by atoms with Crippen LogP contribution in [-0.4, -0.2) is 30.9 Å². The van der Waals surface area contributed by atoms with Crippen LogP contribution >= 0.6 is 15.9 Å². The van der Waals surface area contributed by atoms with Crippen LogP contribution in [0.25, 0.3) is 0 Å². The normalized spacial score (nSPS) is 11.4. The number of rotatable bonds is 8. The van der Waals surface area contributed by atoms with Crippen LogP contribution in [0.4, 0.5) is 18.9 Å². The summed E-state index contributed by atoms with van der Waals surface area (Å²) in [4.78, 5) is 10.1. The van der Waals surface area contributed by atoms with Gasteiger partial charge in [0.05, 0.1) is 18.1 Å². The Bertz CT molecular complexity index is 482. The first kappa shape index (κ1) is 17.7. The molecule has 0 aliphatic carbocycles. The van der Waals surface area contributed by atoms with Crippen molar-refractivity contribution in [3.63, 3.8) is 0 Å². The van der Waals surface area contributed by atoms with Crippen LogP contribution in [0.3, 0.4) is 0 Å². The highest BCUT2D eigenvalue weighted by atomic mass is 79.9.